The lowest BCUT2D eigenvalue weighted by molar-refractivity contribution is 0.514. The van der Waals surface area contributed by atoms with Gasteiger partial charge in [-0.1, -0.05) is 11.6 Å². The van der Waals surface area contributed by atoms with Crippen LogP contribution in [0.5, 0.6) is 0 Å². The Balaban J connectivity index is 2.02. The molecule has 1 fully saturated rings. The number of allylic oxidation sites excluding steroid dienone is 1. The summed E-state index contributed by atoms with van der Waals surface area (Å²) in [5, 5.41) is 2.13. The highest BCUT2D eigenvalue weighted by Gasteiger charge is 2.12. The maximum absolute atomic E-state index is 5.85. The summed E-state index contributed by atoms with van der Waals surface area (Å²) in [6.07, 6.45) is 7.04. The number of rotatable bonds is 1. The molecule has 0 radical (unpaired) electrons. The van der Waals surface area contributed by atoms with Gasteiger partial charge in [0.15, 0.2) is 0 Å². The Morgan fingerprint density at radius 2 is 2.15 bits per heavy atom. The Labute approximate surface area is 83.3 Å². The molecule has 2 N–H and O–H groups in total. The molecule has 70 valence electrons. The fourth-order valence-electron chi connectivity index (χ4n) is 1.73. The molecule has 1 aliphatic carbocycles. The molecule has 0 aliphatic heterocycles. The van der Waals surface area contributed by atoms with E-state index in [-0.39, 0.29) is 0 Å². The van der Waals surface area contributed by atoms with Crippen molar-refractivity contribution in [2.75, 3.05) is 0 Å². The van der Waals surface area contributed by atoms with E-state index in [4.69, 9.17) is 5.73 Å². The van der Waals surface area contributed by atoms with Gasteiger partial charge in [-0.25, -0.2) is 0 Å². The van der Waals surface area contributed by atoms with Crippen LogP contribution in [0.25, 0.3) is 6.08 Å². The summed E-state index contributed by atoms with van der Waals surface area (Å²) in [6.45, 7) is 0. The summed E-state index contributed by atoms with van der Waals surface area (Å²) in [7, 11) is 0. The zero-order valence-corrected chi connectivity index (χ0v) is 8.52. The average molecular weight is 193 g/mol. The largest absolute Gasteiger partial charge is 0.328 e. The molecule has 1 heterocycles. The molecular weight excluding hydrogens is 178 g/mol. The number of nitrogens with two attached hydrogens (primary N) is 1. The van der Waals surface area contributed by atoms with Gasteiger partial charge in [-0.05, 0) is 43.2 Å². The summed E-state index contributed by atoms with van der Waals surface area (Å²) >= 11 is 1.81. The number of thiophene rings is 1. The minimum atomic E-state index is 0.445. The Morgan fingerprint density at radius 1 is 1.38 bits per heavy atom. The van der Waals surface area contributed by atoms with Crippen molar-refractivity contribution in [3.05, 3.63) is 28.0 Å². The van der Waals surface area contributed by atoms with Crippen LogP contribution in [0.15, 0.2) is 23.1 Å². The summed E-state index contributed by atoms with van der Waals surface area (Å²) in [6, 6.07) is 4.72. The molecular formula is C11H15NS. The van der Waals surface area contributed by atoms with E-state index in [0.29, 0.717) is 6.04 Å². The van der Waals surface area contributed by atoms with E-state index in [1.165, 1.54) is 17.7 Å². The van der Waals surface area contributed by atoms with E-state index in [1.54, 1.807) is 5.57 Å². The first-order valence-electron chi connectivity index (χ1n) is 4.83. The third-order valence-electron chi connectivity index (χ3n) is 2.56. The fourth-order valence-corrected chi connectivity index (χ4v) is 2.44. The van der Waals surface area contributed by atoms with E-state index in [0.717, 1.165) is 12.8 Å². The fraction of sp³-hybridized carbons (Fsp3) is 0.455. The molecule has 0 bridgehead atoms. The van der Waals surface area contributed by atoms with Crippen molar-refractivity contribution in [3.8, 4) is 0 Å². The number of hydrogen-bond acceptors (Lipinski definition) is 2. The Kier molecular flexibility index (Phi) is 2.81. The second-order valence-corrected chi connectivity index (χ2v) is 4.63. The van der Waals surface area contributed by atoms with Crippen molar-refractivity contribution in [2.45, 2.75) is 31.7 Å². The van der Waals surface area contributed by atoms with Crippen LogP contribution in [0.1, 0.15) is 30.6 Å². The maximum atomic E-state index is 5.85. The van der Waals surface area contributed by atoms with Crippen LogP contribution in [0.3, 0.4) is 0 Å². The van der Waals surface area contributed by atoms with Gasteiger partial charge in [0.25, 0.3) is 0 Å². The molecule has 1 saturated carbocycles. The molecule has 0 aromatic carbocycles. The van der Waals surface area contributed by atoms with Gasteiger partial charge >= 0.3 is 0 Å². The molecule has 2 rings (SSSR count). The van der Waals surface area contributed by atoms with E-state index >= 15 is 0 Å². The molecule has 1 nitrogen and oxygen atoms in total. The van der Waals surface area contributed by atoms with Crippen molar-refractivity contribution in [1.29, 1.82) is 0 Å². The molecule has 1 aliphatic rings. The van der Waals surface area contributed by atoms with Gasteiger partial charge in [0.05, 0.1) is 0 Å². The number of hydrogen-bond donors (Lipinski definition) is 1. The Hall–Kier alpha value is -0.600. The van der Waals surface area contributed by atoms with Crippen molar-refractivity contribution < 1.29 is 0 Å². The van der Waals surface area contributed by atoms with Crippen LogP contribution in [-0.4, -0.2) is 6.04 Å². The maximum Gasteiger partial charge on any atom is 0.0269 e. The van der Waals surface area contributed by atoms with Crippen LogP contribution in [0.4, 0.5) is 0 Å². The summed E-state index contributed by atoms with van der Waals surface area (Å²) < 4.78 is 0. The van der Waals surface area contributed by atoms with Crippen LogP contribution < -0.4 is 5.73 Å². The summed E-state index contributed by atoms with van der Waals surface area (Å²) in [5.74, 6) is 0. The van der Waals surface area contributed by atoms with Crippen LogP contribution in [-0.2, 0) is 0 Å². The summed E-state index contributed by atoms with van der Waals surface area (Å²) in [4.78, 5) is 1.38. The highest BCUT2D eigenvalue weighted by Crippen LogP contribution is 2.25. The highest BCUT2D eigenvalue weighted by molar-refractivity contribution is 7.10. The Bertz CT molecular complexity index is 277. The SMILES string of the molecule is NC1CCC(=Cc2cccs2)CC1. The van der Waals surface area contributed by atoms with Gasteiger partial charge in [-0.3, -0.25) is 0 Å². The van der Waals surface area contributed by atoms with Crippen molar-refractivity contribution in [3.63, 3.8) is 0 Å². The van der Waals surface area contributed by atoms with Crippen molar-refractivity contribution in [2.24, 2.45) is 5.73 Å². The second-order valence-electron chi connectivity index (χ2n) is 3.66. The monoisotopic (exact) mass is 193 g/mol. The second kappa shape index (κ2) is 4.07. The van der Waals surface area contributed by atoms with Crippen molar-refractivity contribution >= 4 is 17.4 Å². The topological polar surface area (TPSA) is 26.0 Å². The third kappa shape index (κ3) is 2.42. The van der Waals surface area contributed by atoms with Crippen LogP contribution >= 0.6 is 11.3 Å². The quantitative estimate of drug-likeness (QED) is 0.729. The molecule has 0 spiro atoms. The van der Waals surface area contributed by atoms with Gasteiger partial charge in [0.1, 0.15) is 0 Å². The zero-order chi connectivity index (χ0) is 9.10. The van der Waals surface area contributed by atoms with E-state index in [1.807, 2.05) is 11.3 Å². The van der Waals surface area contributed by atoms with E-state index < -0.39 is 0 Å². The lowest BCUT2D eigenvalue weighted by Crippen LogP contribution is -2.23. The van der Waals surface area contributed by atoms with Crippen LogP contribution in [0, 0.1) is 0 Å². The minimum absolute atomic E-state index is 0.445. The standard InChI is InChI=1S/C11H15NS/c12-10-5-3-9(4-6-10)8-11-2-1-7-13-11/h1-2,7-8,10H,3-6,12H2. The molecule has 2 heteroatoms. The first-order chi connectivity index (χ1) is 6.34. The van der Waals surface area contributed by atoms with Gasteiger partial charge in [-0.15, -0.1) is 11.3 Å². The van der Waals surface area contributed by atoms with Crippen LogP contribution in [0.2, 0.25) is 0 Å². The predicted octanol–water partition coefficient (Wildman–Crippen LogP) is 3.03. The lowest BCUT2D eigenvalue weighted by Gasteiger charge is -2.19. The van der Waals surface area contributed by atoms with Gasteiger partial charge < -0.3 is 5.73 Å². The first-order valence-corrected chi connectivity index (χ1v) is 5.71. The van der Waals surface area contributed by atoms with Gasteiger partial charge in [0.2, 0.25) is 0 Å². The smallest absolute Gasteiger partial charge is 0.0269 e. The third-order valence-corrected chi connectivity index (χ3v) is 3.38. The molecule has 0 saturated heterocycles. The van der Waals surface area contributed by atoms with Gasteiger partial charge in [-0.2, -0.15) is 0 Å². The first kappa shape index (κ1) is 8.97. The average Bonchev–Trinajstić information content (AvgIpc) is 2.62. The van der Waals surface area contributed by atoms with E-state index in [9.17, 15) is 0 Å². The molecule has 1 aromatic heterocycles. The normalized spacial score (nSPS) is 23.2. The zero-order valence-electron chi connectivity index (χ0n) is 7.70. The van der Waals surface area contributed by atoms with Gasteiger partial charge in [0, 0.05) is 10.9 Å². The molecule has 0 unspecified atom stereocenters. The molecule has 0 atom stereocenters. The molecule has 0 amide bonds. The predicted molar refractivity (Wildman–Crippen MR) is 58.7 cm³/mol. The highest BCUT2D eigenvalue weighted by atomic mass is 32.1. The van der Waals surface area contributed by atoms with E-state index in [2.05, 4.69) is 23.6 Å². The minimum Gasteiger partial charge on any atom is -0.328 e. The summed E-state index contributed by atoms with van der Waals surface area (Å²) in [5.41, 5.74) is 7.42. The molecule has 13 heavy (non-hydrogen) atoms. The Morgan fingerprint density at radius 3 is 2.77 bits per heavy atom. The lowest BCUT2D eigenvalue weighted by atomic mass is 9.91. The van der Waals surface area contributed by atoms with Crippen molar-refractivity contribution in [1.82, 2.24) is 0 Å². The molecule has 1 aromatic rings.